The summed E-state index contributed by atoms with van der Waals surface area (Å²) in [7, 11) is 1.56. The van der Waals surface area contributed by atoms with E-state index in [9.17, 15) is 14.4 Å². The maximum atomic E-state index is 12.5. The molecular formula is C23H26N2O5. The summed E-state index contributed by atoms with van der Waals surface area (Å²) in [6.45, 7) is 6.19. The average Bonchev–Trinajstić information content (AvgIpc) is 2.97. The highest BCUT2D eigenvalue weighted by Crippen LogP contribution is 2.30. The molecule has 1 aliphatic heterocycles. The number of rotatable bonds is 8. The molecule has 0 aliphatic carbocycles. The number of hydrogen-bond donors (Lipinski definition) is 1. The van der Waals surface area contributed by atoms with Gasteiger partial charge in [-0.3, -0.25) is 19.3 Å². The summed E-state index contributed by atoms with van der Waals surface area (Å²) in [5.41, 5.74) is 1.47. The zero-order chi connectivity index (χ0) is 21.8. The first-order chi connectivity index (χ1) is 14.3. The van der Waals surface area contributed by atoms with Gasteiger partial charge in [0.1, 0.15) is 6.54 Å². The molecule has 2 aromatic rings. The van der Waals surface area contributed by atoms with Crippen molar-refractivity contribution in [2.24, 2.45) is 5.92 Å². The monoisotopic (exact) mass is 410 g/mol. The SMILES string of the molecule is COc1cc([C@@H](C)NC(=O)CN2C(=O)c3ccccc3C2=O)ccc1OCC(C)C. The number of nitrogens with zero attached hydrogens (tertiary/aromatic N) is 1. The minimum Gasteiger partial charge on any atom is -0.493 e. The second-order valence-corrected chi connectivity index (χ2v) is 7.65. The van der Waals surface area contributed by atoms with Crippen molar-refractivity contribution in [3.8, 4) is 11.5 Å². The second kappa shape index (κ2) is 8.98. The largest absolute Gasteiger partial charge is 0.493 e. The van der Waals surface area contributed by atoms with E-state index in [2.05, 4.69) is 19.2 Å². The van der Waals surface area contributed by atoms with Gasteiger partial charge in [-0.05, 0) is 42.7 Å². The summed E-state index contributed by atoms with van der Waals surface area (Å²) in [5.74, 6) is 0.276. The van der Waals surface area contributed by atoms with E-state index < -0.39 is 17.7 Å². The highest BCUT2D eigenvalue weighted by Gasteiger charge is 2.36. The molecule has 0 radical (unpaired) electrons. The van der Waals surface area contributed by atoms with Gasteiger partial charge in [0.15, 0.2) is 11.5 Å². The number of fused-ring (bicyclic) bond motifs is 1. The van der Waals surface area contributed by atoms with E-state index in [1.807, 2.05) is 25.1 Å². The van der Waals surface area contributed by atoms with Gasteiger partial charge in [0.25, 0.3) is 11.8 Å². The number of carbonyl (C=O) groups excluding carboxylic acids is 3. The van der Waals surface area contributed by atoms with Crippen molar-refractivity contribution in [3.05, 3.63) is 59.2 Å². The number of ether oxygens (including phenoxy) is 2. The maximum Gasteiger partial charge on any atom is 0.262 e. The number of amides is 3. The van der Waals surface area contributed by atoms with Gasteiger partial charge in [0.2, 0.25) is 5.91 Å². The molecule has 3 rings (SSSR count). The molecule has 158 valence electrons. The third-order valence-corrected chi connectivity index (χ3v) is 4.82. The summed E-state index contributed by atoms with van der Waals surface area (Å²) in [6, 6.07) is 11.7. The molecule has 0 spiro atoms. The summed E-state index contributed by atoms with van der Waals surface area (Å²) in [5, 5.41) is 2.83. The number of nitrogens with one attached hydrogen (secondary N) is 1. The molecular weight excluding hydrogens is 384 g/mol. The first kappa shape index (κ1) is 21.4. The Morgan fingerprint density at radius 2 is 1.63 bits per heavy atom. The number of hydrogen-bond acceptors (Lipinski definition) is 5. The molecule has 0 bridgehead atoms. The van der Waals surface area contributed by atoms with Crippen molar-refractivity contribution in [2.75, 3.05) is 20.3 Å². The molecule has 0 saturated carbocycles. The molecule has 7 heteroatoms. The smallest absolute Gasteiger partial charge is 0.262 e. The summed E-state index contributed by atoms with van der Waals surface area (Å²) < 4.78 is 11.2. The van der Waals surface area contributed by atoms with Crippen LogP contribution >= 0.6 is 0 Å². The summed E-state index contributed by atoms with van der Waals surface area (Å²) >= 11 is 0. The van der Waals surface area contributed by atoms with Gasteiger partial charge in [-0.15, -0.1) is 0 Å². The third-order valence-electron chi connectivity index (χ3n) is 4.82. The normalized spacial score (nSPS) is 14.0. The Hall–Kier alpha value is -3.35. The van der Waals surface area contributed by atoms with Gasteiger partial charge in [-0.1, -0.05) is 32.0 Å². The van der Waals surface area contributed by atoms with Gasteiger partial charge in [-0.25, -0.2) is 0 Å². The molecule has 2 aromatic carbocycles. The van der Waals surface area contributed by atoms with Crippen LogP contribution in [0.25, 0.3) is 0 Å². The van der Waals surface area contributed by atoms with Gasteiger partial charge >= 0.3 is 0 Å². The van der Waals surface area contributed by atoms with Gasteiger partial charge < -0.3 is 14.8 Å². The van der Waals surface area contributed by atoms with Crippen LogP contribution < -0.4 is 14.8 Å². The van der Waals surface area contributed by atoms with E-state index in [1.165, 1.54) is 0 Å². The second-order valence-electron chi connectivity index (χ2n) is 7.65. The van der Waals surface area contributed by atoms with Crippen molar-refractivity contribution < 1.29 is 23.9 Å². The average molecular weight is 410 g/mol. The molecule has 0 saturated heterocycles. The van der Waals surface area contributed by atoms with Crippen LogP contribution in [0.3, 0.4) is 0 Å². The topological polar surface area (TPSA) is 84.9 Å². The number of carbonyl (C=O) groups is 3. The van der Waals surface area contributed by atoms with Gasteiger partial charge in [0.05, 0.1) is 30.9 Å². The fraction of sp³-hybridized carbons (Fsp3) is 0.348. The third kappa shape index (κ3) is 4.45. The highest BCUT2D eigenvalue weighted by molar-refractivity contribution is 6.22. The van der Waals surface area contributed by atoms with Crippen LogP contribution in [-0.4, -0.2) is 42.9 Å². The molecule has 1 aliphatic rings. The first-order valence-electron chi connectivity index (χ1n) is 9.87. The van der Waals surface area contributed by atoms with E-state index in [-0.39, 0.29) is 12.6 Å². The van der Waals surface area contributed by atoms with Crippen LogP contribution in [0.5, 0.6) is 11.5 Å². The minimum atomic E-state index is -0.452. The molecule has 0 fully saturated rings. The Morgan fingerprint density at radius 3 is 2.20 bits per heavy atom. The fourth-order valence-corrected chi connectivity index (χ4v) is 3.23. The molecule has 0 unspecified atom stereocenters. The Balaban J connectivity index is 1.65. The van der Waals surface area contributed by atoms with E-state index in [0.29, 0.717) is 35.2 Å². The first-order valence-corrected chi connectivity index (χ1v) is 9.87. The number of imide groups is 1. The van der Waals surface area contributed by atoms with Crippen LogP contribution in [0, 0.1) is 5.92 Å². The fourth-order valence-electron chi connectivity index (χ4n) is 3.23. The van der Waals surface area contributed by atoms with Crippen molar-refractivity contribution in [3.63, 3.8) is 0 Å². The van der Waals surface area contributed by atoms with Gasteiger partial charge in [0, 0.05) is 0 Å². The van der Waals surface area contributed by atoms with Gasteiger partial charge in [-0.2, -0.15) is 0 Å². The number of benzene rings is 2. The standard InChI is InChI=1S/C23H26N2O5/c1-14(2)13-30-19-10-9-16(11-20(19)29-4)15(3)24-21(26)12-25-22(27)17-7-5-6-8-18(17)23(25)28/h5-11,14-15H,12-13H2,1-4H3,(H,24,26)/t15-/m1/s1. The molecule has 7 nitrogen and oxygen atoms in total. The predicted molar refractivity (Wildman–Crippen MR) is 112 cm³/mol. The van der Waals surface area contributed by atoms with Crippen molar-refractivity contribution in [1.29, 1.82) is 0 Å². The van der Waals surface area contributed by atoms with E-state index in [0.717, 1.165) is 10.5 Å². The lowest BCUT2D eigenvalue weighted by Gasteiger charge is -2.19. The maximum absolute atomic E-state index is 12.5. The Labute approximate surface area is 176 Å². The zero-order valence-corrected chi connectivity index (χ0v) is 17.6. The van der Waals surface area contributed by atoms with Crippen molar-refractivity contribution >= 4 is 17.7 Å². The van der Waals surface area contributed by atoms with Crippen LogP contribution in [0.1, 0.15) is 53.1 Å². The van der Waals surface area contributed by atoms with E-state index >= 15 is 0 Å². The Bertz CT molecular complexity index is 935. The Morgan fingerprint density at radius 1 is 1.00 bits per heavy atom. The summed E-state index contributed by atoms with van der Waals surface area (Å²) in [4.78, 5) is 38.3. The zero-order valence-electron chi connectivity index (χ0n) is 17.6. The lowest BCUT2D eigenvalue weighted by atomic mass is 10.1. The van der Waals surface area contributed by atoms with Crippen LogP contribution in [-0.2, 0) is 4.79 Å². The van der Waals surface area contributed by atoms with Crippen LogP contribution in [0.15, 0.2) is 42.5 Å². The minimum absolute atomic E-state index is 0.324. The van der Waals surface area contributed by atoms with Crippen molar-refractivity contribution in [2.45, 2.75) is 26.8 Å². The number of methoxy groups -OCH3 is 1. The Kier molecular flexibility index (Phi) is 6.40. The lowest BCUT2D eigenvalue weighted by Crippen LogP contribution is -2.41. The molecule has 0 aromatic heterocycles. The van der Waals surface area contributed by atoms with E-state index in [4.69, 9.17) is 9.47 Å². The molecule has 30 heavy (non-hydrogen) atoms. The highest BCUT2D eigenvalue weighted by atomic mass is 16.5. The molecule has 3 amide bonds. The molecule has 1 N–H and O–H groups in total. The van der Waals surface area contributed by atoms with Crippen LogP contribution in [0.4, 0.5) is 0 Å². The van der Waals surface area contributed by atoms with E-state index in [1.54, 1.807) is 31.4 Å². The predicted octanol–water partition coefficient (Wildman–Crippen LogP) is 3.20. The molecule has 1 atom stereocenters. The van der Waals surface area contributed by atoms with Crippen LogP contribution in [0.2, 0.25) is 0 Å². The lowest BCUT2D eigenvalue weighted by molar-refractivity contribution is -0.122. The quantitative estimate of drug-likeness (QED) is 0.676. The summed E-state index contributed by atoms with van der Waals surface area (Å²) in [6.07, 6.45) is 0. The van der Waals surface area contributed by atoms with Crippen molar-refractivity contribution in [1.82, 2.24) is 10.2 Å². The molecule has 1 heterocycles.